The van der Waals surface area contributed by atoms with Crippen molar-refractivity contribution < 1.29 is 0 Å². The van der Waals surface area contributed by atoms with E-state index >= 15 is 0 Å². The smallest absolute Gasteiger partial charge is 0.116 e. The normalized spacial score (nSPS) is 10.5. The molecule has 1 aromatic carbocycles. The van der Waals surface area contributed by atoms with Crippen LogP contribution in [0.2, 0.25) is 0 Å². The van der Waals surface area contributed by atoms with Gasteiger partial charge >= 0.3 is 0 Å². The maximum atomic E-state index is 4.24. The van der Waals surface area contributed by atoms with Gasteiger partial charge in [-0.1, -0.05) is 45.9 Å². The molecule has 132 valence electrons. The zero-order chi connectivity index (χ0) is 18.7. The summed E-state index contributed by atoms with van der Waals surface area (Å²) in [6.45, 7) is 12.8. The van der Waals surface area contributed by atoms with E-state index in [4.69, 9.17) is 0 Å². The van der Waals surface area contributed by atoms with Crippen LogP contribution < -0.4 is 0 Å². The lowest BCUT2D eigenvalue weighted by molar-refractivity contribution is 0.975. The minimum atomic E-state index is 0.721. The van der Waals surface area contributed by atoms with Crippen molar-refractivity contribution in [1.82, 2.24) is 15.0 Å². The minimum Gasteiger partial charge on any atom is -0.286 e. The van der Waals surface area contributed by atoms with Gasteiger partial charge in [-0.3, -0.25) is 9.98 Å². The van der Waals surface area contributed by atoms with E-state index < -0.39 is 0 Å². The molecule has 1 aliphatic heterocycles. The molecular formula is C21H28N4. The van der Waals surface area contributed by atoms with Crippen molar-refractivity contribution in [3.63, 3.8) is 0 Å². The van der Waals surface area contributed by atoms with E-state index in [0.29, 0.717) is 0 Å². The maximum absolute atomic E-state index is 4.24. The molecule has 4 heteroatoms. The van der Waals surface area contributed by atoms with E-state index in [1.165, 1.54) is 10.9 Å². The highest BCUT2D eigenvalue weighted by atomic mass is 14.9. The Morgan fingerprint density at radius 3 is 2.28 bits per heavy atom. The largest absolute Gasteiger partial charge is 0.286 e. The van der Waals surface area contributed by atoms with Gasteiger partial charge in [0, 0.05) is 29.1 Å². The van der Waals surface area contributed by atoms with Crippen LogP contribution in [0.1, 0.15) is 50.2 Å². The zero-order valence-corrected chi connectivity index (χ0v) is 16.1. The van der Waals surface area contributed by atoms with Gasteiger partial charge in [0.1, 0.15) is 6.33 Å². The van der Waals surface area contributed by atoms with Gasteiger partial charge in [-0.25, -0.2) is 9.97 Å². The molecule has 4 nitrogen and oxygen atoms in total. The molecule has 4 rings (SSSR count). The summed E-state index contributed by atoms with van der Waals surface area (Å²) in [4.78, 5) is 16.5. The average molecular weight is 336 g/mol. The third-order valence-corrected chi connectivity index (χ3v) is 3.49. The number of fused-ring (bicyclic) bond motifs is 2. The molecule has 2 aromatic heterocycles. The third kappa shape index (κ3) is 5.45. The summed E-state index contributed by atoms with van der Waals surface area (Å²) in [5, 5.41) is 1.25. The SMILES string of the molecule is CC.CC.Cc1cccc2ncccc12.Cc1ncnc2c1C=NC2. The minimum absolute atomic E-state index is 0.721. The number of hydrogen-bond donors (Lipinski definition) is 0. The summed E-state index contributed by atoms with van der Waals surface area (Å²) in [5.41, 5.74) is 5.53. The molecule has 0 N–H and O–H groups in total. The van der Waals surface area contributed by atoms with Crippen LogP contribution in [-0.4, -0.2) is 21.2 Å². The molecule has 0 amide bonds. The first-order valence-corrected chi connectivity index (χ1v) is 8.86. The van der Waals surface area contributed by atoms with Gasteiger partial charge < -0.3 is 0 Å². The fraction of sp³-hybridized carbons (Fsp3) is 0.333. The molecule has 0 saturated heterocycles. The lowest BCUT2D eigenvalue weighted by atomic mass is 10.1. The lowest BCUT2D eigenvalue weighted by Crippen LogP contribution is -1.95. The van der Waals surface area contributed by atoms with Crippen LogP contribution in [0.4, 0.5) is 0 Å². The Kier molecular flexibility index (Phi) is 9.01. The van der Waals surface area contributed by atoms with E-state index in [1.807, 2.05) is 65.2 Å². The topological polar surface area (TPSA) is 51.0 Å². The Morgan fingerprint density at radius 2 is 1.60 bits per heavy atom. The molecule has 0 fully saturated rings. The second-order valence-electron chi connectivity index (χ2n) is 4.93. The highest BCUT2D eigenvalue weighted by molar-refractivity contribution is 5.84. The van der Waals surface area contributed by atoms with Crippen LogP contribution in [0.3, 0.4) is 0 Å². The molecule has 0 atom stereocenters. The van der Waals surface area contributed by atoms with Crippen LogP contribution in [0.5, 0.6) is 0 Å². The Hall–Kier alpha value is -2.62. The van der Waals surface area contributed by atoms with Crippen molar-refractivity contribution >= 4 is 17.1 Å². The van der Waals surface area contributed by atoms with E-state index in [0.717, 1.165) is 29.0 Å². The lowest BCUT2D eigenvalue weighted by Gasteiger charge is -1.97. The summed E-state index contributed by atoms with van der Waals surface area (Å²) >= 11 is 0. The summed E-state index contributed by atoms with van der Waals surface area (Å²) in [5.74, 6) is 0. The summed E-state index contributed by atoms with van der Waals surface area (Å²) < 4.78 is 0. The van der Waals surface area contributed by atoms with Gasteiger partial charge in [0.25, 0.3) is 0 Å². The van der Waals surface area contributed by atoms with Crippen LogP contribution >= 0.6 is 0 Å². The standard InChI is InChI=1S/C10H9N.C7H7N3.2C2H6/c1-8-4-2-6-10-9(8)5-3-7-11-10;1-5-6-2-8-3-7(6)10-4-9-5;2*1-2/h2-7H,1H3;2,4H,3H2,1H3;2*1-2H3. The van der Waals surface area contributed by atoms with Crippen LogP contribution in [0, 0.1) is 13.8 Å². The van der Waals surface area contributed by atoms with Crippen LogP contribution in [0.25, 0.3) is 10.9 Å². The highest BCUT2D eigenvalue weighted by Gasteiger charge is 2.09. The van der Waals surface area contributed by atoms with Crippen molar-refractivity contribution in [3.8, 4) is 0 Å². The van der Waals surface area contributed by atoms with E-state index in [-0.39, 0.29) is 0 Å². The van der Waals surface area contributed by atoms with Crippen LogP contribution in [0.15, 0.2) is 47.8 Å². The van der Waals surface area contributed by atoms with Crippen LogP contribution in [-0.2, 0) is 6.54 Å². The number of aryl methyl sites for hydroxylation is 2. The van der Waals surface area contributed by atoms with Crippen molar-refractivity contribution in [2.24, 2.45) is 4.99 Å². The number of aliphatic imine (C=N–C) groups is 1. The average Bonchev–Trinajstić information content (AvgIpc) is 3.16. The van der Waals surface area contributed by atoms with Gasteiger partial charge in [-0.05, 0) is 31.5 Å². The van der Waals surface area contributed by atoms with Crippen molar-refractivity contribution in [2.45, 2.75) is 48.1 Å². The summed E-state index contributed by atoms with van der Waals surface area (Å²) in [6, 6.07) is 10.2. The Morgan fingerprint density at radius 1 is 0.840 bits per heavy atom. The predicted molar refractivity (Wildman–Crippen MR) is 107 cm³/mol. The second-order valence-corrected chi connectivity index (χ2v) is 4.93. The van der Waals surface area contributed by atoms with Crippen molar-refractivity contribution in [1.29, 1.82) is 0 Å². The molecule has 0 saturated carbocycles. The number of nitrogens with zero attached hydrogens (tertiary/aromatic N) is 4. The number of benzene rings is 1. The molecular weight excluding hydrogens is 308 g/mol. The van der Waals surface area contributed by atoms with Gasteiger partial charge in [0.2, 0.25) is 0 Å². The fourth-order valence-electron chi connectivity index (χ4n) is 2.31. The first-order chi connectivity index (χ1) is 12.3. The Bertz CT molecular complexity index is 805. The molecule has 25 heavy (non-hydrogen) atoms. The number of aromatic nitrogens is 3. The van der Waals surface area contributed by atoms with Gasteiger partial charge in [0.15, 0.2) is 0 Å². The van der Waals surface area contributed by atoms with Gasteiger partial charge in [-0.2, -0.15) is 0 Å². The Balaban J connectivity index is 0.000000210. The Labute approximate surface area is 151 Å². The molecule has 3 heterocycles. The molecule has 1 aliphatic rings. The molecule has 0 aliphatic carbocycles. The first kappa shape index (κ1) is 20.4. The zero-order valence-electron chi connectivity index (χ0n) is 16.1. The fourth-order valence-corrected chi connectivity index (χ4v) is 2.31. The van der Waals surface area contributed by atoms with E-state index in [1.54, 1.807) is 6.33 Å². The number of hydrogen-bond acceptors (Lipinski definition) is 4. The first-order valence-electron chi connectivity index (χ1n) is 8.86. The monoisotopic (exact) mass is 336 g/mol. The molecule has 0 unspecified atom stereocenters. The third-order valence-electron chi connectivity index (χ3n) is 3.49. The van der Waals surface area contributed by atoms with E-state index in [9.17, 15) is 0 Å². The predicted octanol–water partition coefficient (Wildman–Crippen LogP) is 5.31. The van der Waals surface area contributed by atoms with Gasteiger partial charge in [-0.15, -0.1) is 0 Å². The second kappa shape index (κ2) is 11.0. The van der Waals surface area contributed by atoms with Gasteiger partial charge in [0.05, 0.1) is 17.8 Å². The number of pyridine rings is 1. The highest BCUT2D eigenvalue weighted by Crippen LogP contribution is 2.14. The molecule has 3 aromatic rings. The quantitative estimate of drug-likeness (QED) is 0.559. The molecule has 0 bridgehead atoms. The van der Waals surface area contributed by atoms with Crippen molar-refractivity contribution in [2.75, 3.05) is 0 Å². The summed E-state index contributed by atoms with van der Waals surface area (Å²) in [7, 11) is 0. The molecule has 0 spiro atoms. The molecule has 0 radical (unpaired) electrons. The van der Waals surface area contributed by atoms with Crippen molar-refractivity contribution in [3.05, 3.63) is 65.4 Å². The number of rotatable bonds is 0. The maximum Gasteiger partial charge on any atom is 0.116 e. The van der Waals surface area contributed by atoms with E-state index in [2.05, 4.69) is 39.0 Å². The summed E-state index contributed by atoms with van der Waals surface area (Å²) in [6.07, 6.45) is 5.25.